The Labute approximate surface area is 161 Å². The fourth-order valence-electron chi connectivity index (χ4n) is 3.65. The number of benzene rings is 1. The molecule has 0 saturated heterocycles. The van der Waals surface area contributed by atoms with Gasteiger partial charge in [0, 0.05) is 35.9 Å². The summed E-state index contributed by atoms with van der Waals surface area (Å²) in [5.41, 5.74) is 4.09. The number of hydrogen-bond acceptors (Lipinski definition) is 4. The van der Waals surface area contributed by atoms with Crippen molar-refractivity contribution in [1.82, 2.24) is 14.9 Å². The Morgan fingerprint density at radius 2 is 2.18 bits per heavy atom. The van der Waals surface area contributed by atoms with Crippen molar-refractivity contribution in [2.75, 3.05) is 26.7 Å². The molecule has 1 aliphatic heterocycles. The smallest absolute Gasteiger partial charge is 0.317 e. The Morgan fingerprint density at radius 3 is 2.96 bits per heavy atom. The second-order valence-corrected chi connectivity index (χ2v) is 6.77. The number of pyridine rings is 1. The molecule has 0 spiro atoms. The van der Waals surface area contributed by atoms with Crippen LogP contribution in [0.2, 0.25) is 0 Å². The lowest BCUT2D eigenvalue weighted by atomic mass is 10.0. The number of H-pyrrole nitrogens is 1. The highest BCUT2D eigenvalue weighted by molar-refractivity contribution is 5.96. The second kappa shape index (κ2) is 7.44. The van der Waals surface area contributed by atoms with Gasteiger partial charge in [-0.05, 0) is 47.9 Å². The van der Waals surface area contributed by atoms with Crippen molar-refractivity contribution in [1.29, 1.82) is 0 Å². The predicted molar refractivity (Wildman–Crippen MR) is 105 cm³/mol. The molecular weight excluding hydrogens is 361 g/mol. The molecule has 2 N–H and O–H groups in total. The average molecular weight is 381 g/mol. The lowest BCUT2D eigenvalue weighted by molar-refractivity contribution is -0.138. The third-order valence-electron chi connectivity index (χ3n) is 4.92. The van der Waals surface area contributed by atoms with Gasteiger partial charge >= 0.3 is 5.97 Å². The van der Waals surface area contributed by atoms with Crippen LogP contribution in [0.25, 0.3) is 27.7 Å². The lowest BCUT2D eigenvalue weighted by Gasteiger charge is -2.25. The van der Waals surface area contributed by atoms with Crippen LogP contribution in [-0.2, 0) is 4.79 Å². The number of ether oxygens (including phenoxy) is 1. The largest absolute Gasteiger partial charge is 0.496 e. The zero-order chi connectivity index (χ0) is 19.7. The van der Waals surface area contributed by atoms with Crippen molar-refractivity contribution in [2.45, 2.75) is 6.42 Å². The molecule has 28 heavy (non-hydrogen) atoms. The van der Waals surface area contributed by atoms with E-state index in [1.54, 1.807) is 19.4 Å². The Morgan fingerprint density at radius 1 is 1.32 bits per heavy atom. The quantitative estimate of drug-likeness (QED) is 0.707. The minimum atomic E-state index is -0.833. The van der Waals surface area contributed by atoms with Crippen molar-refractivity contribution in [3.63, 3.8) is 0 Å². The molecule has 6 nitrogen and oxygen atoms in total. The summed E-state index contributed by atoms with van der Waals surface area (Å²) in [6.07, 6.45) is 4.58. The van der Waals surface area contributed by atoms with Crippen LogP contribution in [0.3, 0.4) is 0 Å². The standard InChI is InChI=1S/C21H20FN3O3/c1-28-19-5-4-14(22)9-16(19)15-6-7-23-21-17(15)10-18(24-21)13-3-2-8-25(11-13)12-20(26)27/h3-7,9-10H,2,8,11-12H2,1H3,(H,23,24)(H,26,27). The number of carbonyl (C=O) groups is 1. The third-order valence-corrected chi connectivity index (χ3v) is 4.92. The molecule has 4 rings (SSSR count). The van der Waals surface area contributed by atoms with Gasteiger partial charge in [0.25, 0.3) is 0 Å². The average Bonchev–Trinajstić information content (AvgIpc) is 3.12. The monoisotopic (exact) mass is 381 g/mol. The van der Waals surface area contributed by atoms with Crippen LogP contribution in [-0.4, -0.2) is 52.7 Å². The fourth-order valence-corrected chi connectivity index (χ4v) is 3.65. The van der Waals surface area contributed by atoms with Crippen molar-refractivity contribution in [3.05, 3.63) is 54.1 Å². The van der Waals surface area contributed by atoms with Gasteiger partial charge in [0.15, 0.2) is 0 Å². The molecule has 0 atom stereocenters. The molecule has 1 aromatic carbocycles. The Kier molecular flexibility index (Phi) is 4.83. The Bertz CT molecular complexity index is 1070. The topological polar surface area (TPSA) is 78.5 Å². The van der Waals surface area contributed by atoms with Crippen molar-refractivity contribution in [3.8, 4) is 16.9 Å². The molecule has 0 fully saturated rings. The van der Waals surface area contributed by atoms with E-state index in [1.165, 1.54) is 12.1 Å². The van der Waals surface area contributed by atoms with Crippen LogP contribution in [0, 0.1) is 5.82 Å². The summed E-state index contributed by atoms with van der Waals surface area (Å²) in [7, 11) is 1.56. The van der Waals surface area contributed by atoms with Crippen molar-refractivity contribution in [2.24, 2.45) is 0 Å². The van der Waals surface area contributed by atoms with E-state index in [1.807, 2.05) is 17.0 Å². The van der Waals surface area contributed by atoms with E-state index in [-0.39, 0.29) is 12.4 Å². The van der Waals surface area contributed by atoms with Crippen LogP contribution >= 0.6 is 0 Å². The summed E-state index contributed by atoms with van der Waals surface area (Å²) in [6, 6.07) is 8.25. The van der Waals surface area contributed by atoms with Crippen LogP contribution in [0.4, 0.5) is 4.39 Å². The number of rotatable bonds is 5. The van der Waals surface area contributed by atoms with Gasteiger partial charge in [-0.25, -0.2) is 9.37 Å². The zero-order valence-corrected chi connectivity index (χ0v) is 15.4. The van der Waals surface area contributed by atoms with E-state index in [9.17, 15) is 9.18 Å². The molecule has 0 amide bonds. The van der Waals surface area contributed by atoms with Gasteiger partial charge in [-0.3, -0.25) is 9.69 Å². The summed E-state index contributed by atoms with van der Waals surface area (Å²) < 4.78 is 19.3. The van der Waals surface area contributed by atoms with E-state index in [0.29, 0.717) is 23.5 Å². The highest BCUT2D eigenvalue weighted by Crippen LogP contribution is 2.36. The molecule has 144 valence electrons. The Balaban J connectivity index is 1.75. The number of halogens is 1. The number of fused-ring (bicyclic) bond motifs is 1. The maximum atomic E-state index is 13.9. The zero-order valence-electron chi connectivity index (χ0n) is 15.4. The molecule has 0 saturated carbocycles. The third kappa shape index (κ3) is 3.48. The number of nitrogens with zero attached hydrogens (tertiary/aromatic N) is 2. The number of carboxylic acids is 1. The van der Waals surface area contributed by atoms with Gasteiger partial charge < -0.3 is 14.8 Å². The fraction of sp³-hybridized carbons (Fsp3) is 0.238. The number of hydrogen-bond donors (Lipinski definition) is 2. The van der Waals surface area contributed by atoms with E-state index in [4.69, 9.17) is 9.84 Å². The van der Waals surface area contributed by atoms with Gasteiger partial charge in [-0.15, -0.1) is 0 Å². The minimum Gasteiger partial charge on any atom is -0.496 e. The Hall–Kier alpha value is -3.19. The molecule has 3 aromatic rings. The molecule has 0 unspecified atom stereocenters. The van der Waals surface area contributed by atoms with Crippen molar-refractivity contribution < 1.29 is 19.0 Å². The molecule has 3 heterocycles. The summed E-state index contributed by atoms with van der Waals surface area (Å²) >= 11 is 0. The van der Waals surface area contributed by atoms with Crippen LogP contribution in [0.15, 0.2) is 42.6 Å². The van der Waals surface area contributed by atoms with Gasteiger partial charge in [0.2, 0.25) is 0 Å². The highest BCUT2D eigenvalue weighted by atomic mass is 19.1. The molecule has 0 aliphatic carbocycles. The molecule has 7 heteroatoms. The second-order valence-electron chi connectivity index (χ2n) is 6.77. The van der Waals surface area contributed by atoms with Gasteiger partial charge in [0.05, 0.1) is 13.7 Å². The first-order valence-electron chi connectivity index (χ1n) is 9.00. The molecule has 0 radical (unpaired) electrons. The SMILES string of the molecule is COc1ccc(F)cc1-c1ccnc2[nH]c(C3=CCCN(CC(=O)O)C3)cc12. The number of aromatic amines is 1. The number of carboxylic acid groups (broad SMARTS) is 1. The number of nitrogens with one attached hydrogen (secondary N) is 1. The van der Waals surface area contributed by atoms with Crippen LogP contribution in [0.5, 0.6) is 5.75 Å². The summed E-state index contributed by atoms with van der Waals surface area (Å²) in [5.74, 6) is -0.586. The van der Waals surface area contributed by atoms with Gasteiger partial charge in [-0.2, -0.15) is 0 Å². The van der Waals surface area contributed by atoms with E-state index in [0.717, 1.165) is 35.2 Å². The predicted octanol–water partition coefficient (Wildman–Crippen LogP) is 3.55. The summed E-state index contributed by atoms with van der Waals surface area (Å²) in [6.45, 7) is 1.29. The molecule has 1 aliphatic rings. The van der Waals surface area contributed by atoms with Gasteiger partial charge in [-0.1, -0.05) is 6.08 Å². The van der Waals surface area contributed by atoms with E-state index >= 15 is 0 Å². The van der Waals surface area contributed by atoms with Gasteiger partial charge in [0.1, 0.15) is 17.2 Å². The minimum absolute atomic E-state index is 0.0154. The first-order chi connectivity index (χ1) is 13.5. The first kappa shape index (κ1) is 18.2. The maximum Gasteiger partial charge on any atom is 0.317 e. The first-order valence-corrected chi connectivity index (χ1v) is 9.00. The van der Waals surface area contributed by atoms with E-state index in [2.05, 4.69) is 16.0 Å². The highest BCUT2D eigenvalue weighted by Gasteiger charge is 2.19. The molecular formula is C21H20FN3O3. The molecule has 2 aromatic heterocycles. The van der Waals surface area contributed by atoms with Crippen LogP contribution < -0.4 is 4.74 Å². The van der Waals surface area contributed by atoms with E-state index < -0.39 is 5.97 Å². The number of aliphatic carboxylic acids is 1. The maximum absolute atomic E-state index is 13.9. The lowest BCUT2D eigenvalue weighted by Crippen LogP contribution is -2.34. The molecule has 0 bridgehead atoms. The normalized spacial score (nSPS) is 14.9. The number of aromatic nitrogens is 2. The summed E-state index contributed by atoms with van der Waals surface area (Å²) in [5, 5.41) is 9.91. The van der Waals surface area contributed by atoms with Crippen molar-refractivity contribution >= 4 is 22.6 Å². The number of methoxy groups -OCH3 is 1. The van der Waals surface area contributed by atoms with Crippen LogP contribution in [0.1, 0.15) is 12.1 Å². The summed E-state index contributed by atoms with van der Waals surface area (Å²) in [4.78, 5) is 20.6.